The molecule has 4 nitrogen and oxygen atoms in total. The van der Waals surface area contributed by atoms with Gasteiger partial charge in [-0.1, -0.05) is 116 Å². The molecule has 0 radical (unpaired) electrons. The minimum Gasteiger partial charge on any atom is -0.469 e. The molecule has 0 heterocycles. The van der Waals surface area contributed by atoms with Crippen LogP contribution in [-0.4, -0.2) is 26.2 Å². The fraction of sp³-hybridized carbons (Fsp3) is 0.923. The zero-order valence-electron chi connectivity index (χ0n) is 20.2. The second kappa shape index (κ2) is 24.2. The Hall–Kier alpha value is -1.06. The van der Waals surface area contributed by atoms with Crippen molar-refractivity contribution in [3.05, 3.63) is 0 Å². The third-order valence-corrected chi connectivity index (χ3v) is 5.97. The number of unbranched alkanes of at least 4 members (excludes halogenated alkanes) is 19. The van der Waals surface area contributed by atoms with Crippen LogP contribution in [0.3, 0.4) is 0 Å². The van der Waals surface area contributed by atoms with Gasteiger partial charge in [0.2, 0.25) is 0 Å². The van der Waals surface area contributed by atoms with Crippen molar-refractivity contribution in [2.24, 2.45) is 0 Å². The second-order valence-electron chi connectivity index (χ2n) is 8.72. The molecule has 0 spiro atoms. The zero-order chi connectivity index (χ0) is 22.1. The molecule has 0 unspecified atom stereocenters. The molecule has 178 valence electrons. The third kappa shape index (κ3) is 23.2. The quantitative estimate of drug-likeness (QED) is 0.123. The van der Waals surface area contributed by atoms with Gasteiger partial charge in [0.25, 0.3) is 0 Å². The lowest BCUT2D eigenvalue weighted by Crippen LogP contribution is -1.99. The summed E-state index contributed by atoms with van der Waals surface area (Å²) in [6, 6.07) is 0. The van der Waals surface area contributed by atoms with E-state index in [1.807, 2.05) is 0 Å². The number of hydrogen-bond donors (Lipinski definition) is 0. The molecular formula is C26H50O4. The van der Waals surface area contributed by atoms with E-state index in [-0.39, 0.29) is 11.9 Å². The van der Waals surface area contributed by atoms with Gasteiger partial charge in [0.15, 0.2) is 0 Å². The van der Waals surface area contributed by atoms with Gasteiger partial charge >= 0.3 is 11.9 Å². The van der Waals surface area contributed by atoms with Crippen LogP contribution in [0.2, 0.25) is 0 Å². The predicted octanol–water partition coefficient (Wildman–Crippen LogP) is 7.91. The maximum Gasteiger partial charge on any atom is 0.305 e. The molecule has 0 aliphatic heterocycles. The zero-order valence-corrected chi connectivity index (χ0v) is 20.2. The molecule has 0 aliphatic carbocycles. The van der Waals surface area contributed by atoms with Gasteiger partial charge in [-0.05, 0) is 12.8 Å². The molecule has 0 amide bonds. The summed E-state index contributed by atoms with van der Waals surface area (Å²) in [6.45, 7) is 0. The number of hydrogen-bond acceptors (Lipinski definition) is 4. The summed E-state index contributed by atoms with van der Waals surface area (Å²) in [6.07, 6.45) is 27.2. The molecule has 4 heteroatoms. The Balaban J connectivity index is 3.05. The van der Waals surface area contributed by atoms with Crippen molar-refractivity contribution in [2.75, 3.05) is 14.2 Å². The number of carbonyl (C=O) groups is 2. The lowest BCUT2D eigenvalue weighted by atomic mass is 10.0. The first-order valence-electron chi connectivity index (χ1n) is 12.8. The van der Waals surface area contributed by atoms with Gasteiger partial charge in [-0.15, -0.1) is 0 Å². The summed E-state index contributed by atoms with van der Waals surface area (Å²) in [5.74, 6) is -0.147. The monoisotopic (exact) mass is 426 g/mol. The van der Waals surface area contributed by atoms with Crippen molar-refractivity contribution in [3.8, 4) is 0 Å². The van der Waals surface area contributed by atoms with Crippen molar-refractivity contribution in [2.45, 2.75) is 141 Å². The first-order valence-corrected chi connectivity index (χ1v) is 12.8. The van der Waals surface area contributed by atoms with Crippen LogP contribution in [0.25, 0.3) is 0 Å². The standard InChI is InChI=1S/C26H50O4/c1-29-25(27)23-21-19-17-15-13-11-9-7-5-3-4-6-8-10-12-14-16-18-20-22-24-26(28)30-2/h3-24H2,1-2H3. The van der Waals surface area contributed by atoms with Crippen LogP contribution >= 0.6 is 0 Å². The fourth-order valence-corrected chi connectivity index (χ4v) is 3.92. The Morgan fingerprint density at radius 2 is 0.533 bits per heavy atom. The van der Waals surface area contributed by atoms with Crippen LogP contribution in [0.5, 0.6) is 0 Å². The van der Waals surface area contributed by atoms with Gasteiger partial charge in [0.05, 0.1) is 14.2 Å². The highest BCUT2D eigenvalue weighted by Gasteiger charge is 2.00. The van der Waals surface area contributed by atoms with E-state index in [1.54, 1.807) is 0 Å². The highest BCUT2D eigenvalue weighted by molar-refractivity contribution is 5.69. The van der Waals surface area contributed by atoms with Crippen molar-refractivity contribution in [3.63, 3.8) is 0 Å². The first kappa shape index (κ1) is 28.9. The Morgan fingerprint density at radius 3 is 0.700 bits per heavy atom. The van der Waals surface area contributed by atoms with Crippen molar-refractivity contribution in [1.29, 1.82) is 0 Å². The Kier molecular flexibility index (Phi) is 23.4. The molecule has 0 aromatic carbocycles. The van der Waals surface area contributed by atoms with Gasteiger partial charge in [0.1, 0.15) is 0 Å². The number of rotatable bonds is 23. The molecular weight excluding hydrogens is 376 g/mol. The van der Waals surface area contributed by atoms with E-state index in [2.05, 4.69) is 9.47 Å². The second-order valence-corrected chi connectivity index (χ2v) is 8.72. The maximum absolute atomic E-state index is 11.0. The topological polar surface area (TPSA) is 52.6 Å². The van der Waals surface area contributed by atoms with Crippen LogP contribution in [-0.2, 0) is 19.1 Å². The number of methoxy groups -OCH3 is 2. The minimum absolute atomic E-state index is 0.0736. The van der Waals surface area contributed by atoms with Gasteiger partial charge in [0, 0.05) is 12.8 Å². The normalized spacial score (nSPS) is 10.9. The summed E-state index contributed by atoms with van der Waals surface area (Å²) < 4.78 is 9.31. The summed E-state index contributed by atoms with van der Waals surface area (Å²) in [5, 5.41) is 0. The summed E-state index contributed by atoms with van der Waals surface area (Å²) in [4.78, 5) is 22.0. The van der Waals surface area contributed by atoms with Crippen LogP contribution < -0.4 is 0 Å². The Bertz CT molecular complexity index is 345. The maximum atomic E-state index is 11.0. The van der Waals surface area contributed by atoms with Gasteiger partial charge in [-0.25, -0.2) is 0 Å². The minimum atomic E-state index is -0.0736. The van der Waals surface area contributed by atoms with Crippen LogP contribution in [0.4, 0.5) is 0 Å². The first-order chi connectivity index (χ1) is 14.7. The molecule has 0 saturated heterocycles. The molecule has 0 fully saturated rings. The highest BCUT2D eigenvalue weighted by Crippen LogP contribution is 2.15. The molecule has 0 saturated carbocycles. The molecule has 30 heavy (non-hydrogen) atoms. The number of carbonyl (C=O) groups excluding carboxylic acids is 2. The van der Waals surface area contributed by atoms with E-state index >= 15 is 0 Å². The van der Waals surface area contributed by atoms with Crippen LogP contribution in [0.1, 0.15) is 141 Å². The fourth-order valence-electron chi connectivity index (χ4n) is 3.92. The molecule has 0 aromatic heterocycles. The van der Waals surface area contributed by atoms with E-state index in [9.17, 15) is 9.59 Å². The summed E-state index contributed by atoms with van der Waals surface area (Å²) in [5.41, 5.74) is 0. The van der Waals surface area contributed by atoms with E-state index in [0.29, 0.717) is 12.8 Å². The predicted molar refractivity (Wildman–Crippen MR) is 126 cm³/mol. The molecule has 0 N–H and O–H groups in total. The van der Waals surface area contributed by atoms with Crippen LogP contribution in [0.15, 0.2) is 0 Å². The number of ether oxygens (including phenoxy) is 2. The lowest BCUT2D eigenvalue weighted by Gasteiger charge is -2.04. The highest BCUT2D eigenvalue weighted by atomic mass is 16.5. The average molecular weight is 427 g/mol. The lowest BCUT2D eigenvalue weighted by molar-refractivity contribution is -0.141. The average Bonchev–Trinajstić information content (AvgIpc) is 2.76. The Labute approximate surface area is 186 Å². The summed E-state index contributed by atoms with van der Waals surface area (Å²) in [7, 11) is 2.93. The van der Waals surface area contributed by atoms with Crippen molar-refractivity contribution < 1.29 is 19.1 Å². The van der Waals surface area contributed by atoms with E-state index in [4.69, 9.17) is 0 Å². The number of esters is 2. The van der Waals surface area contributed by atoms with Crippen molar-refractivity contribution >= 4 is 11.9 Å². The molecule has 0 aromatic rings. The van der Waals surface area contributed by atoms with E-state index in [0.717, 1.165) is 25.7 Å². The molecule has 0 bridgehead atoms. The van der Waals surface area contributed by atoms with E-state index in [1.165, 1.54) is 117 Å². The van der Waals surface area contributed by atoms with Crippen LogP contribution in [0, 0.1) is 0 Å². The van der Waals surface area contributed by atoms with E-state index < -0.39 is 0 Å². The van der Waals surface area contributed by atoms with Gasteiger partial charge in [-0.3, -0.25) is 9.59 Å². The SMILES string of the molecule is COC(=O)CCCCCCCCCCCCCCCCCCCCCCC(=O)OC. The van der Waals surface area contributed by atoms with Gasteiger partial charge in [-0.2, -0.15) is 0 Å². The largest absolute Gasteiger partial charge is 0.469 e. The smallest absolute Gasteiger partial charge is 0.305 e. The molecule has 0 rings (SSSR count). The summed E-state index contributed by atoms with van der Waals surface area (Å²) >= 11 is 0. The van der Waals surface area contributed by atoms with Gasteiger partial charge < -0.3 is 9.47 Å². The van der Waals surface area contributed by atoms with Crippen molar-refractivity contribution in [1.82, 2.24) is 0 Å². The molecule has 0 atom stereocenters. The molecule has 0 aliphatic rings. The Morgan fingerprint density at radius 1 is 0.367 bits per heavy atom. The third-order valence-electron chi connectivity index (χ3n) is 5.97.